The van der Waals surface area contributed by atoms with Crippen LogP contribution in [0.15, 0.2) is 28.7 Å². The van der Waals surface area contributed by atoms with Crippen molar-refractivity contribution in [2.45, 2.75) is 18.5 Å². The van der Waals surface area contributed by atoms with Gasteiger partial charge in [0.2, 0.25) is 0 Å². The second kappa shape index (κ2) is 4.33. The van der Waals surface area contributed by atoms with Crippen LogP contribution in [0.4, 0.5) is 0 Å². The molecule has 0 aliphatic carbocycles. The first-order valence-electron chi connectivity index (χ1n) is 4.80. The highest BCUT2D eigenvalue weighted by Gasteiger charge is 2.35. The highest BCUT2D eigenvalue weighted by Crippen LogP contribution is 2.29. The van der Waals surface area contributed by atoms with Crippen molar-refractivity contribution in [1.82, 2.24) is 5.32 Å². The molecule has 0 spiro atoms. The van der Waals surface area contributed by atoms with Crippen molar-refractivity contribution in [2.24, 2.45) is 0 Å². The number of rotatable bonds is 2. The topological polar surface area (TPSA) is 38.3 Å². The van der Waals surface area contributed by atoms with E-state index >= 15 is 0 Å². The van der Waals surface area contributed by atoms with Crippen molar-refractivity contribution in [3.63, 3.8) is 0 Å². The summed E-state index contributed by atoms with van der Waals surface area (Å²) in [5.74, 6) is -0.179. The third-order valence-corrected chi connectivity index (χ3v) is 3.10. The van der Waals surface area contributed by atoms with Crippen molar-refractivity contribution in [3.05, 3.63) is 34.3 Å². The van der Waals surface area contributed by atoms with Gasteiger partial charge in [0.05, 0.1) is 7.11 Å². The Kier molecular flexibility index (Phi) is 3.07. The number of methoxy groups -OCH3 is 1. The lowest BCUT2D eigenvalue weighted by molar-refractivity contribution is -0.146. The molecular formula is C11H12BrNO2. The Bertz CT molecular complexity index is 375. The minimum atomic E-state index is -0.179. The Morgan fingerprint density at radius 1 is 1.60 bits per heavy atom. The van der Waals surface area contributed by atoms with Gasteiger partial charge in [-0.1, -0.05) is 28.1 Å². The van der Waals surface area contributed by atoms with Crippen LogP contribution in [0.5, 0.6) is 0 Å². The summed E-state index contributed by atoms with van der Waals surface area (Å²) in [5, 5.41) is 3.18. The van der Waals surface area contributed by atoms with Gasteiger partial charge in [-0.05, 0) is 24.1 Å². The molecule has 80 valence electrons. The average Bonchev–Trinajstić information content (AvgIpc) is 2.15. The summed E-state index contributed by atoms with van der Waals surface area (Å²) in [6, 6.07) is 8.22. The van der Waals surface area contributed by atoms with Gasteiger partial charge in [0.15, 0.2) is 0 Å². The maximum Gasteiger partial charge on any atom is 0.322 e. The van der Waals surface area contributed by atoms with Crippen molar-refractivity contribution in [2.75, 3.05) is 7.11 Å². The molecule has 0 radical (unpaired) electrons. The van der Waals surface area contributed by atoms with Gasteiger partial charge in [-0.2, -0.15) is 0 Å². The van der Waals surface area contributed by atoms with Crippen molar-refractivity contribution >= 4 is 21.9 Å². The lowest BCUT2D eigenvalue weighted by Crippen LogP contribution is -2.51. The van der Waals surface area contributed by atoms with E-state index in [1.54, 1.807) is 0 Å². The molecule has 2 atom stereocenters. The van der Waals surface area contributed by atoms with Crippen LogP contribution < -0.4 is 5.32 Å². The minimum Gasteiger partial charge on any atom is -0.468 e. The molecule has 1 saturated heterocycles. The predicted octanol–water partition coefficient (Wildman–Crippen LogP) is 2.03. The molecule has 15 heavy (non-hydrogen) atoms. The number of ether oxygens (including phenoxy) is 1. The van der Waals surface area contributed by atoms with Gasteiger partial charge in [0, 0.05) is 10.5 Å². The molecule has 2 rings (SSSR count). The van der Waals surface area contributed by atoms with Gasteiger partial charge in [0.1, 0.15) is 6.04 Å². The zero-order valence-electron chi connectivity index (χ0n) is 8.37. The number of benzene rings is 1. The van der Waals surface area contributed by atoms with Crippen LogP contribution in [-0.2, 0) is 9.53 Å². The maximum atomic E-state index is 11.1. The summed E-state index contributed by atoms with van der Waals surface area (Å²) in [7, 11) is 1.41. The smallest absolute Gasteiger partial charge is 0.322 e. The van der Waals surface area contributed by atoms with E-state index in [9.17, 15) is 4.79 Å². The Hall–Kier alpha value is -0.870. The fourth-order valence-electron chi connectivity index (χ4n) is 1.72. The van der Waals surface area contributed by atoms with Gasteiger partial charge in [-0.25, -0.2) is 0 Å². The van der Waals surface area contributed by atoms with Crippen molar-refractivity contribution in [1.29, 1.82) is 0 Å². The normalized spacial score (nSPS) is 24.4. The SMILES string of the molecule is COC(=O)C1CC(c2cccc(Br)c2)N1. The maximum absolute atomic E-state index is 11.1. The molecule has 1 aliphatic heterocycles. The van der Waals surface area contributed by atoms with E-state index in [0.29, 0.717) is 0 Å². The van der Waals surface area contributed by atoms with E-state index in [0.717, 1.165) is 10.9 Å². The molecule has 2 unspecified atom stereocenters. The highest BCUT2D eigenvalue weighted by atomic mass is 79.9. The molecule has 3 nitrogen and oxygen atoms in total. The Morgan fingerprint density at radius 3 is 2.93 bits per heavy atom. The summed E-state index contributed by atoms with van der Waals surface area (Å²) in [6.07, 6.45) is 0.809. The third-order valence-electron chi connectivity index (χ3n) is 2.61. The fraction of sp³-hybridized carbons (Fsp3) is 0.364. The van der Waals surface area contributed by atoms with E-state index < -0.39 is 0 Å². The molecule has 1 N–H and O–H groups in total. The summed E-state index contributed by atoms with van der Waals surface area (Å²) in [6.45, 7) is 0. The van der Waals surface area contributed by atoms with Gasteiger partial charge < -0.3 is 4.74 Å². The molecule has 1 aliphatic rings. The third kappa shape index (κ3) is 2.21. The number of hydrogen-bond acceptors (Lipinski definition) is 3. The monoisotopic (exact) mass is 269 g/mol. The molecule has 4 heteroatoms. The average molecular weight is 270 g/mol. The first-order valence-corrected chi connectivity index (χ1v) is 5.59. The second-order valence-corrected chi connectivity index (χ2v) is 4.50. The van der Waals surface area contributed by atoms with Gasteiger partial charge in [0.25, 0.3) is 0 Å². The van der Waals surface area contributed by atoms with Gasteiger partial charge in [-0.3, -0.25) is 10.1 Å². The highest BCUT2D eigenvalue weighted by molar-refractivity contribution is 9.10. The number of halogens is 1. The molecule has 0 bridgehead atoms. The minimum absolute atomic E-state index is 0.140. The van der Waals surface area contributed by atoms with Crippen LogP contribution in [0.25, 0.3) is 0 Å². The van der Waals surface area contributed by atoms with Crippen LogP contribution >= 0.6 is 15.9 Å². The lowest BCUT2D eigenvalue weighted by atomic mass is 9.91. The zero-order valence-corrected chi connectivity index (χ0v) is 9.95. The van der Waals surface area contributed by atoms with Crippen LogP contribution in [0.3, 0.4) is 0 Å². The first-order chi connectivity index (χ1) is 7.20. The second-order valence-electron chi connectivity index (χ2n) is 3.59. The fourth-order valence-corrected chi connectivity index (χ4v) is 2.13. The summed E-state index contributed by atoms with van der Waals surface area (Å²) < 4.78 is 5.71. The van der Waals surface area contributed by atoms with Gasteiger partial charge in [-0.15, -0.1) is 0 Å². The van der Waals surface area contributed by atoms with Crippen LogP contribution in [0, 0.1) is 0 Å². The largest absolute Gasteiger partial charge is 0.468 e. The number of carbonyl (C=O) groups is 1. The molecule has 1 fully saturated rings. The Balaban J connectivity index is 1.97. The number of carbonyl (C=O) groups excluding carboxylic acids is 1. The van der Waals surface area contributed by atoms with E-state index in [-0.39, 0.29) is 18.1 Å². The van der Waals surface area contributed by atoms with Gasteiger partial charge >= 0.3 is 5.97 Å². The van der Waals surface area contributed by atoms with E-state index in [1.807, 2.05) is 12.1 Å². The Morgan fingerprint density at radius 2 is 2.33 bits per heavy atom. The van der Waals surface area contributed by atoms with Crippen LogP contribution in [0.1, 0.15) is 18.0 Å². The van der Waals surface area contributed by atoms with E-state index in [4.69, 9.17) is 0 Å². The molecule has 0 amide bonds. The molecule has 0 aromatic heterocycles. The zero-order chi connectivity index (χ0) is 10.8. The van der Waals surface area contributed by atoms with Crippen LogP contribution in [0.2, 0.25) is 0 Å². The lowest BCUT2D eigenvalue weighted by Gasteiger charge is -2.35. The number of hydrogen-bond donors (Lipinski definition) is 1. The molecular weight excluding hydrogens is 258 g/mol. The molecule has 1 aromatic rings. The molecule has 0 saturated carbocycles. The van der Waals surface area contributed by atoms with Crippen LogP contribution in [-0.4, -0.2) is 19.1 Å². The van der Waals surface area contributed by atoms with E-state index in [2.05, 4.69) is 38.1 Å². The first kappa shape index (κ1) is 10.6. The van der Waals surface area contributed by atoms with Crippen molar-refractivity contribution < 1.29 is 9.53 Å². The standard InChI is InChI=1S/C11H12BrNO2/c1-15-11(14)10-6-9(13-10)7-3-2-4-8(12)5-7/h2-5,9-10,13H,6H2,1H3. The number of esters is 1. The number of nitrogens with one attached hydrogen (secondary N) is 1. The Labute approximate surface area is 96.9 Å². The van der Waals surface area contributed by atoms with Crippen molar-refractivity contribution in [3.8, 4) is 0 Å². The summed E-state index contributed by atoms with van der Waals surface area (Å²) >= 11 is 3.42. The molecule has 1 aromatic carbocycles. The van der Waals surface area contributed by atoms with E-state index in [1.165, 1.54) is 12.7 Å². The summed E-state index contributed by atoms with van der Waals surface area (Å²) in [5.41, 5.74) is 1.20. The predicted molar refractivity (Wildman–Crippen MR) is 60.4 cm³/mol. The summed E-state index contributed by atoms with van der Waals surface area (Å²) in [4.78, 5) is 11.1. The quantitative estimate of drug-likeness (QED) is 0.835. The molecule has 1 heterocycles.